The summed E-state index contributed by atoms with van der Waals surface area (Å²) >= 11 is 0. The molecule has 0 unspecified atom stereocenters. The molecule has 0 N–H and O–H groups in total. The minimum atomic E-state index is -2.17. The second kappa shape index (κ2) is 12.6. The van der Waals surface area contributed by atoms with Crippen LogP contribution in [0, 0.1) is 0 Å². The van der Waals surface area contributed by atoms with Crippen LogP contribution in [-0.2, 0) is 0 Å². The summed E-state index contributed by atoms with van der Waals surface area (Å²) in [6.07, 6.45) is 0. The molecule has 0 aliphatic carbocycles. The van der Waals surface area contributed by atoms with Crippen molar-refractivity contribution in [3.8, 4) is 78.3 Å². The number of aromatic nitrogens is 2. The first-order chi connectivity index (χ1) is 25.0. The molecule has 1 aliphatic rings. The van der Waals surface area contributed by atoms with E-state index in [-0.39, 0.29) is 0 Å². The maximum atomic E-state index is 5.60. The molecule has 0 amide bonds. The van der Waals surface area contributed by atoms with E-state index in [0.29, 0.717) is 0 Å². The van der Waals surface area contributed by atoms with Gasteiger partial charge in [-0.2, -0.15) is 0 Å². The van der Waals surface area contributed by atoms with Crippen molar-refractivity contribution in [3.63, 3.8) is 0 Å². The number of rotatable bonds is 6. The van der Waals surface area contributed by atoms with Gasteiger partial charge in [0, 0.05) is 22.0 Å². The smallest absolute Gasteiger partial charge is 0.159 e. The highest BCUT2D eigenvalue weighted by atomic mass is 28.3. The number of fused-ring (bicyclic) bond motifs is 3. The van der Waals surface area contributed by atoms with E-state index in [1.807, 2.05) is 0 Å². The number of hydrogen-bond donors (Lipinski definition) is 0. The van der Waals surface area contributed by atoms with Crippen molar-refractivity contribution in [2.45, 2.75) is 13.1 Å². The Labute approximate surface area is 300 Å². The Balaban J connectivity index is 1.34. The van der Waals surface area contributed by atoms with Crippen LogP contribution in [0.5, 0.6) is 0 Å². The van der Waals surface area contributed by atoms with Gasteiger partial charge in [-0.3, -0.25) is 0 Å². The first kappa shape index (κ1) is 30.9. The monoisotopic (exact) mass is 668 g/mol. The summed E-state index contributed by atoms with van der Waals surface area (Å²) in [5.41, 5.74) is 14.9. The summed E-state index contributed by atoms with van der Waals surface area (Å²) in [6.45, 7) is 4.87. The van der Waals surface area contributed by atoms with Gasteiger partial charge in [0.2, 0.25) is 0 Å². The Morgan fingerprint density at radius 3 is 1.18 bits per heavy atom. The zero-order valence-corrected chi connectivity index (χ0v) is 29.7. The molecule has 0 radical (unpaired) electrons. The van der Waals surface area contributed by atoms with Crippen molar-refractivity contribution >= 4 is 18.6 Å². The molecule has 0 fully saturated rings. The molecule has 0 bridgehead atoms. The van der Waals surface area contributed by atoms with Crippen LogP contribution in [0.2, 0.25) is 13.1 Å². The van der Waals surface area contributed by atoms with E-state index in [4.69, 9.17) is 9.97 Å². The van der Waals surface area contributed by atoms with Crippen LogP contribution in [0.25, 0.3) is 78.3 Å². The van der Waals surface area contributed by atoms with Crippen molar-refractivity contribution in [2.24, 2.45) is 0 Å². The van der Waals surface area contributed by atoms with E-state index in [1.165, 1.54) is 55.0 Å². The molecule has 3 heteroatoms. The van der Waals surface area contributed by atoms with Crippen LogP contribution < -0.4 is 10.5 Å². The first-order valence-electron chi connectivity index (χ1n) is 17.6. The average molecular weight is 669 g/mol. The fourth-order valence-electron chi connectivity index (χ4n) is 7.59. The number of nitrogens with zero attached hydrogens (tertiary/aromatic N) is 2. The Morgan fingerprint density at radius 1 is 0.353 bits per heavy atom. The van der Waals surface area contributed by atoms with Crippen LogP contribution in [0.4, 0.5) is 0 Å². The third-order valence-corrected chi connectivity index (χ3v) is 13.5. The Morgan fingerprint density at radius 2 is 0.725 bits per heavy atom. The lowest BCUT2D eigenvalue weighted by molar-refractivity contribution is 1.21. The van der Waals surface area contributed by atoms with E-state index in [2.05, 4.69) is 195 Å². The van der Waals surface area contributed by atoms with Crippen molar-refractivity contribution in [1.29, 1.82) is 0 Å². The summed E-state index contributed by atoms with van der Waals surface area (Å²) in [6, 6.07) is 65.3. The molecular weight excluding hydrogens is 633 g/mol. The molecule has 0 atom stereocenters. The minimum absolute atomic E-state index is 0.762. The average Bonchev–Trinajstić information content (AvgIpc) is 3.44. The maximum absolute atomic E-state index is 5.60. The third kappa shape index (κ3) is 5.62. The van der Waals surface area contributed by atoms with Gasteiger partial charge in [0.1, 0.15) is 8.07 Å². The lowest BCUT2D eigenvalue weighted by Crippen LogP contribution is -2.50. The standard InChI is InChI=1S/C48H36N2Si/c1-51(2)44-26-16-15-25-43(44)45-46(41-29-37(33-17-7-3-8-18-33)27-38(30-41)34-19-9-4-10-20-34)49-47(50-48(45)51)42-31-39(35-21-11-5-12-22-35)28-40(32-42)36-23-13-6-14-24-36/h3-32H,1-2H3. The molecule has 51 heavy (non-hydrogen) atoms. The van der Waals surface area contributed by atoms with Gasteiger partial charge < -0.3 is 0 Å². The van der Waals surface area contributed by atoms with Gasteiger partial charge in [-0.1, -0.05) is 159 Å². The topological polar surface area (TPSA) is 25.8 Å². The fourth-order valence-corrected chi connectivity index (χ4v) is 10.5. The van der Waals surface area contributed by atoms with E-state index in [1.54, 1.807) is 0 Å². The van der Waals surface area contributed by atoms with E-state index >= 15 is 0 Å². The molecular formula is C48H36N2Si. The van der Waals surface area contributed by atoms with Crippen LogP contribution in [0.3, 0.4) is 0 Å². The highest BCUT2D eigenvalue weighted by Crippen LogP contribution is 2.40. The molecule has 2 heterocycles. The molecule has 9 rings (SSSR count). The highest BCUT2D eigenvalue weighted by molar-refractivity contribution is 7.03. The van der Waals surface area contributed by atoms with Gasteiger partial charge in [0.25, 0.3) is 0 Å². The molecule has 0 spiro atoms. The molecule has 0 saturated heterocycles. The summed E-state index contributed by atoms with van der Waals surface area (Å²) in [5, 5.41) is 2.61. The zero-order valence-electron chi connectivity index (χ0n) is 28.7. The summed E-state index contributed by atoms with van der Waals surface area (Å²) in [4.78, 5) is 11.2. The van der Waals surface area contributed by atoms with Crippen LogP contribution in [0.1, 0.15) is 0 Å². The SMILES string of the molecule is C[Si]1(C)c2ccccc2-c2c(-c3cc(-c4ccccc4)cc(-c4ccccc4)c3)nc(-c3cc(-c4ccccc4)cc(-c4ccccc4)c3)nc21. The van der Waals surface area contributed by atoms with Gasteiger partial charge >= 0.3 is 0 Å². The molecule has 1 aromatic heterocycles. The molecule has 0 saturated carbocycles. The normalized spacial score (nSPS) is 12.7. The summed E-state index contributed by atoms with van der Waals surface area (Å²) < 4.78 is 0. The lowest BCUT2D eigenvalue weighted by atomic mass is 9.92. The minimum Gasteiger partial charge on any atom is -0.237 e. The Hall–Kier alpha value is -6.16. The van der Waals surface area contributed by atoms with Gasteiger partial charge in [-0.25, -0.2) is 9.97 Å². The predicted molar refractivity (Wildman–Crippen MR) is 217 cm³/mol. The third-order valence-electron chi connectivity index (χ3n) is 10.2. The van der Waals surface area contributed by atoms with E-state index < -0.39 is 8.07 Å². The van der Waals surface area contributed by atoms with Gasteiger partial charge in [-0.15, -0.1) is 0 Å². The lowest BCUT2D eigenvalue weighted by Gasteiger charge is -2.20. The highest BCUT2D eigenvalue weighted by Gasteiger charge is 2.41. The molecule has 1 aliphatic heterocycles. The second-order valence-electron chi connectivity index (χ2n) is 13.9. The van der Waals surface area contributed by atoms with Crippen molar-refractivity contribution in [1.82, 2.24) is 9.97 Å². The number of hydrogen-bond acceptors (Lipinski definition) is 2. The molecule has 2 nitrogen and oxygen atoms in total. The Kier molecular flexibility index (Phi) is 7.64. The summed E-state index contributed by atoms with van der Waals surface area (Å²) in [7, 11) is -2.17. The van der Waals surface area contributed by atoms with Crippen molar-refractivity contribution < 1.29 is 0 Å². The molecule has 7 aromatic carbocycles. The van der Waals surface area contributed by atoms with Crippen LogP contribution >= 0.6 is 0 Å². The maximum Gasteiger partial charge on any atom is 0.159 e. The predicted octanol–water partition coefficient (Wildman–Crippen LogP) is 11.3. The number of benzene rings is 7. The van der Waals surface area contributed by atoms with E-state index in [0.717, 1.165) is 33.8 Å². The van der Waals surface area contributed by atoms with Crippen molar-refractivity contribution in [2.75, 3.05) is 0 Å². The first-order valence-corrected chi connectivity index (χ1v) is 20.6. The molecule has 242 valence electrons. The van der Waals surface area contributed by atoms with Crippen LogP contribution in [0.15, 0.2) is 182 Å². The second-order valence-corrected chi connectivity index (χ2v) is 18.1. The quantitative estimate of drug-likeness (QED) is 0.165. The molecule has 8 aromatic rings. The zero-order chi connectivity index (χ0) is 34.4. The summed E-state index contributed by atoms with van der Waals surface area (Å²) in [5.74, 6) is 0.762. The fraction of sp³-hybridized carbons (Fsp3) is 0.0417. The van der Waals surface area contributed by atoms with E-state index in [9.17, 15) is 0 Å². The van der Waals surface area contributed by atoms with Gasteiger partial charge in [0.15, 0.2) is 5.82 Å². The van der Waals surface area contributed by atoms with Gasteiger partial charge in [0.05, 0.1) is 5.69 Å². The van der Waals surface area contributed by atoms with Crippen LogP contribution in [-0.4, -0.2) is 18.0 Å². The van der Waals surface area contributed by atoms with Gasteiger partial charge in [-0.05, 0) is 91.7 Å². The van der Waals surface area contributed by atoms with Crippen molar-refractivity contribution in [3.05, 3.63) is 182 Å². The largest absolute Gasteiger partial charge is 0.237 e. The Bertz CT molecular complexity index is 2410.